The molecule has 0 spiro atoms. The van der Waals surface area contributed by atoms with E-state index >= 15 is 0 Å². The van der Waals surface area contributed by atoms with E-state index in [1.165, 1.54) is 14.0 Å². The number of amides is 1. The summed E-state index contributed by atoms with van der Waals surface area (Å²) >= 11 is 0. The molecule has 1 aliphatic heterocycles. The smallest absolute Gasteiger partial charge is 0.369 e. The number of guanidine groups is 1. The SMILES string of the molecule is CN1C(=O)[C@@H](c2ccc(C(F)(F)F)cn2)[C@@](C)(c2ccc(F)cc2F)N=C1N. The molecule has 0 bridgehead atoms. The first-order valence-corrected chi connectivity index (χ1v) is 8.06. The van der Waals surface area contributed by atoms with Gasteiger partial charge in [-0.2, -0.15) is 13.2 Å². The maximum Gasteiger partial charge on any atom is 0.417 e. The Balaban J connectivity index is 2.19. The zero-order chi connectivity index (χ0) is 20.9. The highest BCUT2D eigenvalue weighted by atomic mass is 19.4. The van der Waals surface area contributed by atoms with Crippen LogP contribution in [0.5, 0.6) is 0 Å². The van der Waals surface area contributed by atoms with Gasteiger partial charge in [-0.1, -0.05) is 6.07 Å². The van der Waals surface area contributed by atoms with E-state index in [-0.39, 0.29) is 17.2 Å². The summed E-state index contributed by atoms with van der Waals surface area (Å²) in [6, 6.07) is 4.56. The van der Waals surface area contributed by atoms with Gasteiger partial charge in [-0.3, -0.25) is 14.7 Å². The zero-order valence-corrected chi connectivity index (χ0v) is 14.8. The molecule has 10 heteroatoms. The van der Waals surface area contributed by atoms with E-state index in [2.05, 4.69) is 9.98 Å². The number of carbonyl (C=O) groups excluding carboxylic acids is 1. The fourth-order valence-corrected chi connectivity index (χ4v) is 3.20. The van der Waals surface area contributed by atoms with Crippen molar-refractivity contribution in [2.75, 3.05) is 7.05 Å². The first-order valence-electron chi connectivity index (χ1n) is 8.06. The second kappa shape index (κ2) is 6.54. The van der Waals surface area contributed by atoms with E-state index in [4.69, 9.17) is 5.73 Å². The van der Waals surface area contributed by atoms with Crippen molar-refractivity contribution in [3.8, 4) is 0 Å². The number of nitrogens with zero attached hydrogens (tertiary/aromatic N) is 3. The van der Waals surface area contributed by atoms with Crippen LogP contribution in [0, 0.1) is 11.6 Å². The van der Waals surface area contributed by atoms with Gasteiger partial charge in [0.05, 0.1) is 11.3 Å². The molecule has 0 radical (unpaired) electrons. The molecule has 3 rings (SSSR count). The number of rotatable bonds is 2. The van der Waals surface area contributed by atoms with E-state index in [1.54, 1.807) is 0 Å². The molecule has 2 atom stereocenters. The summed E-state index contributed by atoms with van der Waals surface area (Å²) in [6.45, 7) is 1.39. The predicted octanol–water partition coefficient (Wildman–Crippen LogP) is 3.16. The van der Waals surface area contributed by atoms with Crippen LogP contribution in [0.2, 0.25) is 0 Å². The standard InChI is InChI=1S/C18H15F5N4O/c1-17(11-5-4-10(19)7-12(11)20)14(15(28)27(2)16(24)26-17)13-6-3-9(8-25-13)18(21,22)23/h3-8,14H,1-2H3,(H2,24,26)/t14-,17-/m1/s1. The molecular weight excluding hydrogens is 383 g/mol. The quantitative estimate of drug-likeness (QED) is 0.790. The Bertz CT molecular complexity index is 957. The number of benzene rings is 1. The Morgan fingerprint density at radius 1 is 1.18 bits per heavy atom. The van der Waals surface area contributed by atoms with Crippen molar-refractivity contribution in [3.05, 3.63) is 65.0 Å². The summed E-state index contributed by atoms with van der Waals surface area (Å²) in [7, 11) is 1.33. The van der Waals surface area contributed by atoms with Crippen molar-refractivity contribution in [1.29, 1.82) is 0 Å². The van der Waals surface area contributed by atoms with Gasteiger partial charge in [-0.05, 0) is 25.1 Å². The topological polar surface area (TPSA) is 71.6 Å². The minimum atomic E-state index is -4.60. The highest BCUT2D eigenvalue weighted by molar-refractivity contribution is 6.02. The van der Waals surface area contributed by atoms with Crippen molar-refractivity contribution in [1.82, 2.24) is 9.88 Å². The number of halogens is 5. The minimum Gasteiger partial charge on any atom is -0.369 e. The maximum absolute atomic E-state index is 14.5. The monoisotopic (exact) mass is 398 g/mol. The van der Waals surface area contributed by atoms with Gasteiger partial charge in [-0.25, -0.2) is 13.8 Å². The predicted molar refractivity (Wildman–Crippen MR) is 90.1 cm³/mol. The molecule has 0 saturated heterocycles. The van der Waals surface area contributed by atoms with E-state index in [0.717, 1.165) is 29.2 Å². The van der Waals surface area contributed by atoms with Crippen LogP contribution in [-0.4, -0.2) is 28.8 Å². The molecule has 2 aromatic rings. The van der Waals surface area contributed by atoms with Crippen LogP contribution >= 0.6 is 0 Å². The molecule has 1 amide bonds. The van der Waals surface area contributed by atoms with Gasteiger partial charge >= 0.3 is 6.18 Å². The van der Waals surface area contributed by atoms with Gasteiger partial charge in [0.1, 0.15) is 23.1 Å². The van der Waals surface area contributed by atoms with E-state index in [9.17, 15) is 26.7 Å². The van der Waals surface area contributed by atoms with Crippen LogP contribution < -0.4 is 5.73 Å². The van der Waals surface area contributed by atoms with Gasteiger partial charge in [0, 0.05) is 24.9 Å². The molecule has 0 aliphatic carbocycles. The van der Waals surface area contributed by atoms with Crippen LogP contribution in [0.4, 0.5) is 22.0 Å². The van der Waals surface area contributed by atoms with Crippen LogP contribution in [0.15, 0.2) is 41.5 Å². The fourth-order valence-electron chi connectivity index (χ4n) is 3.20. The van der Waals surface area contributed by atoms with Crippen LogP contribution in [0.3, 0.4) is 0 Å². The van der Waals surface area contributed by atoms with Gasteiger partial charge in [0.2, 0.25) is 5.91 Å². The highest BCUT2D eigenvalue weighted by Gasteiger charge is 2.49. The number of carbonyl (C=O) groups is 1. The zero-order valence-electron chi connectivity index (χ0n) is 14.8. The average Bonchev–Trinajstić information content (AvgIpc) is 2.59. The number of alkyl halides is 3. The third-order valence-corrected chi connectivity index (χ3v) is 4.72. The Kier molecular flexibility index (Phi) is 4.60. The van der Waals surface area contributed by atoms with Crippen molar-refractivity contribution in [2.45, 2.75) is 24.6 Å². The third-order valence-electron chi connectivity index (χ3n) is 4.72. The number of likely N-dealkylation sites (N-methyl/N-ethyl adjacent to an activating group) is 1. The molecule has 0 fully saturated rings. The van der Waals surface area contributed by atoms with Gasteiger partial charge in [0.25, 0.3) is 0 Å². The average molecular weight is 398 g/mol. The van der Waals surface area contributed by atoms with Crippen molar-refractivity contribution >= 4 is 11.9 Å². The second-order valence-corrected chi connectivity index (χ2v) is 6.54. The summed E-state index contributed by atoms with van der Waals surface area (Å²) in [6.07, 6.45) is -4.01. The molecule has 1 aliphatic rings. The van der Waals surface area contributed by atoms with Crippen molar-refractivity contribution < 1.29 is 26.7 Å². The molecular formula is C18H15F5N4O. The van der Waals surface area contributed by atoms with Gasteiger partial charge < -0.3 is 5.73 Å². The Morgan fingerprint density at radius 3 is 2.39 bits per heavy atom. The number of hydrogen-bond donors (Lipinski definition) is 1. The number of nitrogens with two attached hydrogens (primary N) is 1. The second-order valence-electron chi connectivity index (χ2n) is 6.54. The fraction of sp³-hybridized carbons (Fsp3) is 0.278. The lowest BCUT2D eigenvalue weighted by Crippen LogP contribution is -2.53. The molecule has 28 heavy (non-hydrogen) atoms. The van der Waals surface area contributed by atoms with Crippen LogP contribution in [0.25, 0.3) is 0 Å². The number of hydrogen-bond acceptors (Lipinski definition) is 4. The van der Waals surface area contributed by atoms with E-state index in [1.807, 2.05) is 0 Å². The summed E-state index contributed by atoms with van der Waals surface area (Å²) < 4.78 is 66.3. The Morgan fingerprint density at radius 2 is 1.86 bits per heavy atom. The van der Waals surface area contributed by atoms with Crippen LogP contribution in [-0.2, 0) is 16.5 Å². The van der Waals surface area contributed by atoms with Gasteiger partial charge in [0.15, 0.2) is 5.96 Å². The maximum atomic E-state index is 14.5. The highest BCUT2D eigenvalue weighted by Crippen LogP contribution is 2.44. The normalized spacial score (nSPS) is 23.0. The largest absolute Gasteiger partial charge is 0.417 e. The summed E-state index contributed by atoms with van der Waals surface area (Å²) in [4.78, 5) is 21.9. The van der Waals surface area contributed by atoms with Crippen LogP contribution in [0.1, 0.15) is 29.7 Å². The number of aromatic nitrogens is 1. The molecule has 0 saturated carbocycles. The Labute approximate surface area is 156 Å². The molecule has 1 aromatic heterocycles. The molecule has 2 heterocycles. The first kappa shape index (κ1) is 19.7. The lowest BCUT2D eigenvalue weighted by atomic mass is 9.76. The molecule has 0 unspecified atom stereocenters. The summed E-state index contributed by atoms with van der Waals surface area (Å²) in [5.74, 6) is -3.91. The molecule has 2 N–H and O–H groups in total. The molecule has 1 aromatic carbocycles. The van der Waals surface area contributed by atoms with Gasteiger partial charge in [-0.15, -0.1) is 0 Å². The lowest BCUT2D eigenvalue weighted by Gasteiger charge is -2.40. The summed E-state index contributed by atoms with van der Waals surface area (Å²) in [5, 5.41) is 0. The third kappa shape index (κ3) is 3.19. The van der Waals surface area contributed by atoms with E-state index in [0.29, 0.717) is 12.3 Å². The number of aliphatic imine (C=N–C) groups is 1. The van der Waals surface area contributed by atoms with Crippen molar-refractivity contribution in [3.63, 3.8) is 0 Å². The van der Waals surface area contributed by atoms with Crippen molar-refractivity contribution in [2.24, 2.45) is 10.7 Å². The number of pyridine rings is 1. The Hall–Kier alpha value is -3.04. The minimum absolute atomic E-state index is 0.0488. The van der Waals surface area contributed by atoms with E-state index < -0.39 is 40.7 Å². The summed E-state index contributed by atoms with van der Waals surface area (Å²) in [5.41, 5.74) is 2.95. The molecule has 5 nitrogen and oxygen atoms in total. The lowest BCUT2D eigenvalue weighted by molar-refractivity contribution is -0.137. The first-order chi connectivity index (χ1) is 12.9. The molecule has 148 valence electrons.